The summed E-state index contributed by atoms with van der Waals surface area (Å²) in [6.07, 6.45) is 48.8. The monoisotopic (exact) mass is 630 g/mol. The van der Waals surface area contributed by atoms with Crippen LogP contribution in [0, 0.1) is 0 Å². The normalized spacial score (nSPS) is 13.6. The summed E-state index contributed by atoms with van der Waals surface area (Å²) in [5.74, 6) is -0.0565. The number of unbranched alkanes of at least 4 members (excludes halogenated alkanes) is 19. The molecule has 0 saturated heterocycles. The molecule has 0 fully saturated rings. The van der Waals surface area contributed by atoms with Gasteiger partial charge in [-0.05, 0) is 51.4 Å². The van der Waals surface area contributed by atoms with Gasteiger partial charge in [0.1, 0.15) is 0 Å². The van der Waals surface area contributed by atoms with Crippen LogP contribution in [0.5, 0.6) is 0 Å². The molecule has 0 aromatic carbocycles. The Morgan fingerprint density at radius 1 is 0.556 bits per heavy atom. The number of nitrogens with one attached hydrogen (secondary N) is 1. The number of hydrogen-bond donors (Lipinski definition) is 3. The Labute approximate surface area is 280 Å². The second kappa shape index (κ2) is 36.8. The minimum atomic E-state index is -0.670. The van der Waals surface area contributed by atoms with E-state index in [0.29, 0.717) is 12.8 Å². The quantitative estimate of drug-likeness (QED) is 0.0490. The first kappa shape index (κ1) is 43.4. The molecule has 45 heavy (non-hydrogen) atoms. The third-order valence-corrected chi connectivity index (χ3v) is 8.60. The Balaban J connectivity index is 3.62. The van der Waals surface area contributed by atoms with Gasteiger partial charge in [0.2, 0.25) is 5.91 Å². The molecule has 0 saturated carbocycles. The molecule has 2 atom stereocenters. The Hall–Kier alpha value is -1.65. The first-order valence-corrected chi connectivity index (χ1v) is 19.3. The van der Waals surface area contributed by atoms with Gasteiger partial charge in [-0.25, -0.2) is 0 Å². The molecule has 2 unspecified atom stereocenters. The van der Waals surface area contributed by atoms with E-state index in [2.05, 4.69) is 67.8 Å². The van der Waals surface area contributed by atoms with Crippen LogP contribution in [0.1, 0.15) is 187 Å². The molecule has 4 nitrogen and oxygen atoms in total. The molecule has 3 N–H and O–H groups in total. The highest BCUT2D eigenvalue weighted by Crippen LogP contribution is 2.15. The van der Waals surface area contributed by atoms with Crippen LogP contribution in [0.4, 0.5) is 0 Å². The van der Waals surface area contributed by atoms with Gasteiger partial charge in [0.25, 0.3) is 0 Å². The van der Waals surface area contributed by atoms with Crippen molar-refractivity contribution in [3.8, 4) is 0 Å². The van der Waals surface area contributed by atoms with Gasteiger partial charge in [-0.15, -0.1) is 0 Å². The zero-order chi connectivity index (χ0) is 32.9. The highest BCUT2D eigenvalue weighted by Gasteiger charge is 2.19. The van der Waals surface area contributed by atoms with Crippen LogP contribution >= 0.6 is 0 Å². The molecule has 0 aromatic heterocycles. The maximum Gasteiger partial charge on any atom is 0.220 e. The molecule has 0 aromatic rings. The third-order valence-electron chi connectivity index (χ3n) is 8.60. The van der Waals surface area contributed by atoms with Crippen LogP contribution in [-0.4, -0.2) is 34.9 Å². The summed E-state index contributed by atoms with van der Waals surface area (Å²) in [4.78, 5) is 12.3. The predicted octanol–water partition coefficient (Wildman–Crippen LogP) is 11.6. The van der Waals surface area contributed by atoms with Crippen molar-refractivity contribution >= 4 is 5.91 Å². The number of carbonyl (C=O) groups excluding carboxylic acids is 1. The lowest BCUT2D eigenvalue weighted by Gasteiger charge is -2.22. The average molecular weight is 630 g/mol. The molecule has 0 radical (unpaired) electrons. The average Bonchev–Trinajstić information content (AvgIpc) is 3.04. The van der Waals surface area contributed by atoms with Gasteiger partial charge in [-0.2, -0.15) is 0 Å². The number of aliphatic hydroxyl groups excluding tert-OH is 2. The summed E-state index contributed by atoms with van der Waals surface area (Å²) in [6.45, 7) is 4.23. The second-order valence-corrected chi connectivity index (χ2v) is 13.0. The van der Waals surface area contributed by atoms with Crippen molar-refractivity contribution in [2.45, 2.75) is 199 Å². The molecule has 1 amide bonds. The minimum absolute atomic E-state index is 0.0565. The maximum atomic E-state index is 12.3. The number of allylic oxidation sites excluding steroid dienone is 8. The number of rotatable bonds is 34. The zero-order valence-electron chi connectivity index (χ0n) is 29.9. The first-order valence-electron chi connectivity index (χ1n) is 19.3. The highest BCUT2D eigenvalue weighted by molar-refractivity contribution is 5.76. The largest absolute Gasteiger partial charge is 0.394 e. The lowest BCUT2D eigenvalue weighted by atomic mass is 10.0. The number of aliphatic hydroxyl groups is 2. The Morgan fingerprint density at radius 3 is 1.47 bits per heavy atom. The molecule has 0 bridgehead atoms. The van der Waals surface area contributed by atoms with E-state index < -0.39 is 12.1 Å². The van der Waals surface area contributed by atoms with Gasteiger partial charge in [0, 0.05) is 6.42 Å². The number of hydrogen-bond acceptors (Lipinski definition) is 3. The molecule has 0 spiro atoms. The zero-order valence-corrected chi connectivity index (χ0v) is 29.9. The van der Waals surface area contributed by atoms with Crippen molar-refractivity contribution in [3.05, 3.63) is 48.6 Å². The van der Waals surface area contributed by atoms with Crippen molar-refractivity contribution in [1.29, 1.82) is 0 Å². The van der Waals surface area contributed by atoms with Crippen molar-refractivity contribution < 1.29 is 15.0 Å². The summed E-state index contributed by atoms with van der Waals surface area (Å²) in [5, 5.41) is 23.1. The van der Waals surface area contributed by atoms with Crippen LogP contribution in [0.15, 0.2) is 48.6 Å². The van der Waals surface area contributed by atoms with Gasteiger partial charge < -0.3 is 15.5 Å². The van der Waals surface area contributed by atoms with E-state index >= 15 is 0 Å². The number of amides is 1. The fraction of sp³-hybridized carbons (Fsp3) is 0.780. The molecule has 262 valence electrons. The fourth-order valence-corrected chi connectivity index (χ4v) is 5.64. The minimum Gasteiger partial charge on any atom is -0.394 e. The molecular weight excluding hydrogens is 554 g/mol. The first-order chi connectivity index (χ1) is 22.2. The van der Waals surface area contributed by atoms with E-state index in [0.717, 1.165) is 70.6 Å². The summed E-state index contributed by atoms with van der Waals surface area (Å²) >= 11 is 0. The Bertz CT molecular complexity index is 726. The van der Waals surface area contributed by atoms with Crippen molar-refractivity contribution in [3.63, 3.8) is 0 Å². The van der Waals surface area contributed by atoms with E-state index in [1.165, 1.54) is 89.9 Å². The van der Waals surface area contributed by atoms with Crippen LogP contribution in [0.3, 0.4) is 0 Å². The molecule has 0 aliphatic carbocycles. The van der Waals surface area contributed by atoms with Crippen molar-refractivity contribution in [2.75, 3.05) is 6.61 Å². The van der Waals surface area contributed by atoms with Crippen LogP contribution in [0.2, 0.25) is 0 Å². The lowest BCUT2D eigenvalue weighted by molar-refractivity contribution is -0.123. The SMILES string of the molecule is CC/C=C\C/C=C\C/C=C\C/C=C\CCCCCCC(=O)NC(CO)C(O)CCCCCCCCCCCCCCCCCC. The van der Waals surface area contributed by atoms with Crippen LogP contribution < -0.4 is 5.32 Å². The predicted molar refractivity (Wildman–Crippen MR) is 198 cm³/mol. The highest BCUT2D eigenvalue weighted by atomic mass is 16.3. The van der Waals surface area contributed by atoms with Gasteiger partial charge in [0.15, 0.2) is 0 Å². The number of carbonyl (C=O) groups is 1. The summed E-state index contributed by atoms with van der Waals surface area (Å²) in [7, 11) is 0. The van der Waals surface area contributed by atoms with Gasteiger partial charge >= 0.3 is 0 Å². The maximum absolute atomic E-state index is 12.3. The van der Waals surface area contributed by atoms with E-state index in [-0.39, 0.29) is 12.5 Å². The third kappa shape index (κ3) is 33.5. The lowest BCUT2D eigenvalue weighted by Crippen LogP contribution is -2.45. The van der Waals surface area contributed by atoms with E-state index in [9.17, 15) is 15.0 Å². The van der Waals surface area contributed by atoms with Gasteiger partial charge in [0.05, 0.1) is 18.8 Å². The van der Waals surface area contributed by atoms with Gasteiger partial charge in [-0.3, -0.25) is 4.79 Å². The Morgan fingerprint density at radius 2 is 0.978 bits per heavy atom. The van der Waals surface area contributed by atoms with Crippen molar-refractivity contribution in [2.24, 2.45) is 0 Å². The summed E-state index contributed by atoms with van der Waals surface area (Å²) in [5.41, 5.74) is 0. The molecule has 4 heteroatoms. The smallest absolute Gasteiger partial charge is 0.220 e. The molecule has 0 aliphatic heterocycles. The molecule has 0 rings (SSSR count). The van der Waals surface area contributed by atoms with E-state index in [4.69, 9.17) is 0 Å². The van der Waals surface area contributed by atoms with E-state index in [1.807, 2.05) is 0 Å². The standard InChI is InChI=1S/C41H75NO3/c1-3-5-7-9-11-13-15-17-19-21-23-25-27-29-31-33-35-37-41(45)42-39(38-43)40(44)36-34-32-30-28-26-24-22-20-18-16-14-12-10-8-6-4-2/h5,7,11,13,17,19,23,25,39-40,43-44H,3-4,6,8-10,12,14-16,18,20-22,24,26-38H2,1-2H3,(H,42,45)/b7-5-,13-11-,19-17-,25-23-. The summed E-state index contributed by atoms with van der Waals surface area (Å²) < 4.78 is 0. The second-order valence-electron chi connectivity index (χ2n) is 13.0. The van der Waals surface area contributed by atoms with Crippen molar-refractivity contribution in [1.82, 2.24) is 5.32 Å². The van der Waals surface area contributed by atoms with Crippen LogP contribution in [0.25, 0.3) is 0 Å². The van der Waals surface area contributed by atoms with Crippen LogP contribution in [-0.2, 0) is 4.79 Å². The fourth-order valence-electron chi connectivity index (χ4n) is 5.64. The van der Waals surface area contributed by atoms with E-state index in [1.54, 1.807) is 0 Å². The molecule has 0 heterocycles. The molecular formula is C41H75NO3. The molecule has 0 aliphatic rings. The Kier molecular flexibility index (Phi) is 35.5. The summed E-state index contributed by atoms with van der Waals surface area (Å²) in [6, 6.07) is -0.549. The topological polar surface area (TPSA) is 69.6 Å². The van der Waals surface area contributed by atoms with Gasteiger partial charge in [-0.1, -0.05) is 178 Å².